The lowest BCUT2D eigenvalue weighted by Gasteiger charge is -2.45. The highest BCUT2D eigenvalue weighted by molar-refractivity contribution is 6.32. The number of nitrogens with zero attached hydrogens (tertiary/aromatic N) is 1. The van der Waals surface area contributed by atoms with Gasteiger partial charge in [0.25, 0.3) is 0 Å². The number of likely N-dealkylation sites (tertiary alicyclic amines) is 1. The fraction of sp³-hybridized carbons (Fsp3) is 0.500. The molecule has 7 heteroatoms. The molecule has 1 atom stereocenters. The molecule has 3 rings (SSSR count). The standard InChI is InChI=1S/C14H15ClFNO4/c15-10-6-8(16)5-9-11(18)7-14(21-12(9)10)1-3-17(4-2-14)13(19)20/h5-6,11,18H,1-4,7H2,(H,19,20). The second-order valence-electron chi connectivity index (χ2n) is 5.58. The quantitative estimate of drug-likeness (QED) is 0.772. The molecule has 2 heterocycles. The van der Waals surface area contributed by atoms with Crippen molar-refractivity contribution in [1.29, 1.82) is 0 Å². The topological polar surface area (TPSA) is 70.0 Å². The number of ether oxygens (including phenoxy) is 1. The number of aliphatic hydroxyl groups excluding tert-OH is 1. The number of fused-ring (bicyclic) bond motifs is 1. The molecule has 0 bridgehead atoms. The van der Waals surface area contributed by atoms with Crippen LogP contribution in [0.5, 0.6) is 5.75 Å². The summed E-state index contributed by atoms with van der Waals surface area (Å²) < 4.78 is 19.3. The smallest absolute Gasteiger partial charge is 0.407 e. The Bertz CT molecular complexity index is 587. The molecule has 1 unspecified atom stereocenters. The van der Waals surface area contributed by atoms with Gasteiger partial charge in [-0.1, -0.05) is 11.6 Å². The summed E-state index contributed by atoms with van der Waals surface area (Å²) in [6.07, 6.45) is -0.555. The Kier molecular flexibility index (Phi) is 3.45. The minimum absolute atomic E-state index is 0.129. The molecule has 1 aromatic rings. The van der Waals surface area contributed by atoms with E-state index in [1.165, 1.54) is 11.0 Å². The largest absolute Gasteiger partial charge is 0.485 e. The van der Waals surface area contributed by atoms with E-state index in [4.69, 9.17) is 21.4 Å². The van der Waals surface area contributed by atoms with Gasteiger partial charge in [0, 0.05) is 37.9 Å². The van der Waals surface area contributed by atoms with Crippen LogP contribution in [0, 0.1) is 5.82 Å². The number of piperidine rings is 1. The van der Waals surface area contributed by atoms with E-state index in [0.717, 1.165) is 6.07 Å². The molecule has 2 N–H and O–H groups in total. The highest BCUT2D eigenvalue weighted by Crippen LogP contribution is 2.47. The summed E-state index contributed by atoms with van der Waals surface area (Å²) in [5.41, 5.74) is -0.286. The number of carbonyl (C=O) groups is 1. The summed E-state index contributed by atoms with van der Waals surface area (Å²) in [6, 6.07) is 2.38. The summed E-state index contributed by atoms with van der Waals surface area (Å²) in [5.74, 6) is -0.210. The van der Waals surface area contributed by atoms with Crippen LogP contribution >= 0.6 is 11.6 Å². The lowest BCUT2D eigenvalue weighted by Crippen LogP contribution is -2.51. The second-order valence-corrected chi connectivity index (χ2v) is 5.99. The van der Waals surface area contributed by atoms with Gasteiger partial charge in [-0.15, -0.1) is 0 Å². The SMILES string of the molecule is O=C(O)N1CCC2(CC1)CC(O)c1cc(F)cc(Cl)c1O2. The lowest BCUT2D eigenvalue weighted by molar-refractivity contribution is -0.0503. The van der Waals surface area contributed by atoms with Crippen LogP contribution in [0.25, 0.3) is 0 Å². The molecule has 21 heavy (non-hydrogen) atoms. The molecule has 2 aliphatic heterocycles. The summed E-state index contributed by atoms with van der Waals surface area (Å²) in [7, 11) is 0. The van der Waals surface area contributed by atoms with Crippen LogP contribution in [-0.2, 0) is 0 Å². The van der Waals surface area contributed by atoms with Crippen molar-refractivity contribution < 1.29 is 24.1 Å². The van der Waals surface area contributed by atoms with Gasteiger partial charge in [-0.3, -0.25) is 0 Å². The predicted octanol–water partition coefficient (Wildman–Crippen LogP) is 2.81. The van der Waals surface area contributed by atoms with Crippen LogP contribution in [0.3, 0.4) is 0 Å². The van der Waals surface area contributed by atoms with Crippen LogP contribution in [0.2, 0.25) is 5.02 Å². The number of hydrogen-bond donors (Lipinski definition) is 2. The third-order valence-electron chi connectivity index (χ3n) is 4.23. The number of rotatable bonds is 0. The fourth-order valence-corrected chi connectivity index (χ4v) is 3.32. The number of amides is 1. The molecule has 0 radical (unpaired) electrons. The van der Waals surface area contributed by atoms with Crippen LogP contribution < -0.4 is 4.74 Å². The van der Waals surface area contributed by atoms with Crippen molar-refractivity contribution in [2.24, 2.45) is 0 Å². The van der Waals surface area contributed by atoms with E-state index < -0.39 is 23.6 Å². The lowest BCUT2D eigenvalue weighted by atomic mass is 9.81. The van der Waals surface area contributed by atoms with Gasteiger partial charge in [0.15, 0.2) is 0 Å². The predicted molar refractivity (Wildman–Crippen MR) is 73.2 cm³/mol. The van der Waals surface area contributed by atoms with Gasteiger partial charge >= 0.3 is 6.09 Å². The number of benzene rings is 1. The van der Waals surface area contributed by atoms with E-state index in [9.17, 15) is 14.3 Å². The zero-order valence-electron chi connectivity index (χ0n) is 11.2. The first-order chi connectivity index (χ1) is 9.90. The third kappa shape index (κ3) is 2.53. The first kappa shape index (κ1) is 14.4. The maximum Gasteiger partial charge on any atom is 0.407 e. The molecule has 114 valence electrons. The Morgan fingerprint density at radius 3 is 2.71 bits per heavy atom. The molecule has 0 saturated carbocycles. The van der Waals surface area contributed by atoms with Gasteiger partial charge in [0.2, 0.25) is 0 Å². The molecule has 5 nitrogen and oxygen atoms in total. The van der Waals surface area contributed by atoms with E-state index in [-0.39, 0.29) is 5.02 Å². The van der Waals surface area contributed by atoms with Gasteiger partial charge in [-0.2, -0.15) is 0 Å². The maximum atomic E-state index is 13.4. The van der Waals surface area contributed by atoms with Crippen LogP contribution in [0.15, 0.2) is 12.1 Å². The van der Waals surface area contributed by atoms with Gasteiger partial charge in [-0.05, 0) is 12.1 Å². The Morgan fingerprint density at radius 1 is 1.43 bits per heavy atom. The monoisotopic (exact) mass is 315 g/mol. The molecule has 0 aliphatic carbocycles. The zero-order valence-corrected chi connectivity index (χ0v) is 11.9. The molecule has 1 fully saturated rings. The van der Waals surface area contributed by atoms with Crippen molar-refractivity contribution in [2.75, 3.05) is 13.1 Å². The summed E-state index contributed by atoms with van der Waals surface area (Å²) >= 11 is 6.01. The molecular weight excluding hydrogens is 301 g/mol. The highest BCUT2D eigenvalue weighted by Gasteiger charge is 2.44. The van der Waals surface area contributed by atoms with Crippen LogP contribution in [0.1, 0.15) is 30.9 Å². The van der Waals surface area contributed by atoms with Gasteiger partial charge in [0.05, 0.1) is 11.1 Å². The number of halogens is 2. The highest BCUT2D eigenvalue weighted by atomic mass is 35.5. The van der Waals surface area contributed by atoms with Crippen LogP contribution in [-0.4, -0.2) is 39.9 Å². The molecule has 1 saturated heterocycles. The van der Waals surface area contributed by atoms with Crippen molar-refractivity contribution in [3.8, 4) is 5.75 Å². The van der Waals surface area contributed by atoms with Gasteiger partial charge in [-0.25, -0.2) is 9.18 Å². The zero-order chi connectivity index (χ0) is 15.2. The average Bonchev–Trinajstić information content (AvgIpc) is 2.41. The van der Waals surface area contributed by atoms with Crippen molar-refractivity contribution in [3.63, 3.8) is 0 Å². The van der Waals surface area contributed by atoms with Crippen molar-refractivity contribution in [3.05, 3.63) is 28.5 Å². The number of aliphatic hydroxyl groups is 1. The summed E-state index contributed by atoms with van der Waals surface area (Å²) in [5, 5.41) is 19.4. The first-order valence-electron chi connectivity index (χ1n) is 6.74. The molecule has 2 aliphatic rings. The Hall–Kier alpha value is -1.53. The molecular formula is C14H15ClFNO4. The Balaban J connectivity index is 1.87. The molecule has 0 aromatic heterocycles. The van der Waals surface area contributed by atoms with E-state index >= 15 is 0 Å². The first-order valence-corrected chi connectivity index (χ1v) is 7.12. The van der Waals surface area contributed by atoms with Crippen molar-refractivity contribution in [1.82, 2.24) is 4.90 Å². The third-order valence-corrected chi connectivity index (χ3v) is 4.51. The maximum absolute atomic E-state index is 13.4. The molecule has 1 spiro atoms. The van der Waals surface area contributed by atoms with Crippen molar-refractivity contribution in [2.45, 2.75) is 31.0 Å². The second kappa shape index (κ2) is 5.03. The van der Waals surface area contributed by atoms with E-state index in [1.54, 1.807) is 0 Å². The summed E-state index contributed by atoms with van der Waals surface area (Å²) in [4.78, 5) is 12.3. The van der Waals surface area contributed by atoms with Gasteiger partial charge < -0.3 is 19.8 Å². The minimum Gasteiger partial charge on any atom is -0.485 e. The number of hydrogen-bond acceptors (Lipinski definition) is 3. The Morgan fingerprint density at radius 2 is 2.10 bits per heavy atom. The summed E-state index contributed by atoms with van der Waals surface area (Å²) in [6.45, 7) is 0.687. The Labute approximate surface area is 125 Å². The van der Waals surface area contributed by atoms with E-state index in [2.05, 4.69) is 0 Å². The normalized spacial score (nSPS) is 23.6. The van der Waals surface area contributed by atoms with Crippen molar-refractivity contribution >= 4 is 17.7 Å². The number of carboxylic acid groups (broad SMARTS) is 1. The van der Waals surface area contributed by atoms with E-state index in [1.807, 2.05) is 0 Å². The van der Waals surface area contributed by atoms with Gasteiger partial charge in [0.1, 0.15) is 17.2 Å². The van der Waals surface area contributed by atoms with Crippen LogP contribution in [0.4, 0.5) is 9.18 Å². The molecule has 1 aromatic carbocycles. The molecule has 1 amide bonds. The fourth-order valence-electron chi connectivity index (χ4n) is 3.07. The average molecular weight is 316 g/mol. The van der Waals surface area contributed by atoms with E-state index in [0.29, 0.717) is 43.7 Å². The minimum atomic E-state index is -0.957.